The standard InChI is InChI=1S/C23H24Cl2N6O5S/c1-29(2)21-17(25)9-14(11-28-21)31(37(35)36)18-4-6-30(22(18)32)19(23(33)34)8-13-7-12-3-5-27-20(26)15(12)10-16(13)24/h3,5,7,9-11,18-19H,4,6,8H2,1-2H3,(H2,26,27)(H,33,34)(H,35,36)/p-1/t18-,19+/m0/s1. The third-order valence-electron chi connectivity index (χ3n) is 6.18. The van der Waals surface area contributed by atoms with Crippen LogP contribution in [0.15, 0.2) is 36.7 Å². The first-order chi connectivity index (χ1) is 17.5. The van der Waals surface area contributed by atoms with Crippen molar-refractivity contribution in [1.82, 2.24) is 14.9 Å². The van der Waals surface area contributed by atoms with E-state index in [1.165, 1.54) is 18.5 Å². The zero-order valence-corrected chi connectivity index (χ0v) is 22.1. The number of aliphatic carboxylic acids is 1. The van der Waals surface area contributed by atoms with E-state index in [0.29, 0.717) is 16.8 Å². The molecule has 0 aliphatic carbocycles. The molecule has 0 spiro atoms. The third kappa shape index (κ3) is 5.28. The van der Waals surface area contributed by atoms with Gasteiger partial charge in [-0.05, 0) is 41.6 Å². The van der Waals surface area contributed by atoms with Crippen molar-refractivity contribution < 1.29 is 23.5 Å². The number of likely N-dealkylation sites (tertiary alicyclic amines) is 1. The minimum atomic E-state index is -2.85. The van der Waals surface area contributed by atoms with Gasteiger partial charge in [0.15, 0.2) is 0 Å². The number of hydrogen-bond donors (Lipinski definition) is 2. The lowest BCUT2D eigenvalue weighted by Gasteiger charge is -2.32. The molecule has 1 fully saturated rings. The van der Waals surface area contributed by atoms with Crippen molar-refractivity contribution in [3.8, 4) is 0 Å². The summed E-state index contributed by atoms with van der Waals surface area (Å²) in [6, 6.07) is 4.02. The van der Waals surface area contributed by atoms with Gasteiger partial charge in [0.1, 0.15) is 23.7 Å². The summed E-state index contributed by atoms with van der Waals surface area (Å²) < 4.78 is 25.2. The van der Waals surface area contributed by atoms with Gasteiger partial charge in [0.05, 0.1) is 16.9 Å². The monoisotopic (exact) mass is 565 g/mol. The molecule has 0 saturated carbocycles. The van der Waals surface area contributed by atoms with Crippen molar-refractivity contribution in [3.05, 3.63) is 52.3 Å². The number of fused-ring (bicyclic) bond motifs is 1. The van der Waals surface area contributed by atoms with Gasteiger partial charge in [-0.3, -0.25) is 13.3 Å². The van der Waals surface area contributed by atoms with E-state index in [0.717, 1.165) is 14.6 Å². The van der Waals surface area contributed by atoms with Gasteiger partial charge in [-0.2, -0.15) is 0 Å². The lowest BCUT2D eigenvalue weighted by Crippen LogP contribution is -2.48. The first-order valence-electron chi connectivity index (χ1n) is 11.1. The van der Waals surface area contributed by atoms with E-state index in [1.807, 2.05) is 0 Å². The molecule has 11 nitrogen and oxygen atoms in total. The quantitative estimate of drug-likeness (QED) is 0.391. The summed E-state index contributed by atoms with van der Waals surface area (Å²) in [5, 5.41) is 11.8. The number of pyridine rings is 2. The number of hydrogen-bond acceptors (Lipinski definition) is 8. The number of carbonyl (C=O) groups is 2. The number of nitrogen functional groups attached to an aromatic ring is 1. The largest absolute Gasteiger partial charge is 0.755 e. The lowest BCUT2D eigenvalue weighted by molar-refractivity contribution is -0.148. The third-order valence-corrected chi connectivity index (χ3v) is 7.59. The van der Waals surface area contributed by atoms with Crippen molar-refractivity contribution in [3.63, 3.8) is 0 Å². The first kappa shape index (κ1) is 26.9. The minimum Gasteiger partial charge on any atom is -0.755 e. The molecule has 1 aliphatic rings. The van der Waals surface area contributed by atoms with Crippen molar-refractivity contribution in [2.75, 3.05) is 35.6 Å². The molecular formula is C23H23Cl2N6O5S-. The fraction of sp³-hybridized carbons (Fsp3) is 0.304. The fourth-order valence-electron chi connectivity index (χ4n) is 4.41. The highest BCUT2D eigenvalue weighted by atomic mass is 35.5. The Morgan fingerprint density at radius 3 is 2.65 bits per heavy atom. The van der Waals surface area contributed by atoms with Crippen LogP contribution in [0.4, 0.5) is 17.3 Å². The van der Waals surface area contributed by atoms with Crippen LogP contribution in [0.5, 0.6) is 0 Å². The second kappa shape index (κ2) is 10.7. The van der Waals surface area contributed by atoms with Gasteiger partial charge in [-0.1, -0.05) is 23.2 Å². The maximum Gasteiger partial charge on any atom is 0.326 e. The molecule has 14 heteroatoms. The SMILES string of the molecule is CN(C)c1ncc(N([C@H]2CCN([C@H](Cc3cc4ccnc(N)c4cc3Cl)C(=O)O)C2=O)S(=O)[O-])cc1Cl. The summed E-state index contributed by atoms with van der Waals surface area (Å²) in [5.74, 6) is -1.17. The highest BCUT2D eigenvalue weighted by Crippen LogP contribution is 2.33. The number of aromatic nitrogens is 2. The van der Waals surface area contributed by atoms with Crippen molar-refractivity contribution in [2.24, 2.45) is 0 Å². The van der Waals surface area contributed by atoms with E-state index < -0.39 is 35.2 Å². The van der Waals surface area contributed by atoms with E-state index in [9.17, 15) is 23.5 Å². The number of carbonyl (C=O) groups excluding carboxylic acids is 1. The molecule has 1 amide bonds. The number of nitrogens with two attached hydrogens (primary N) is 1. The Morgan fingerprint density at radius 1 is 1.30 bits per heavy atom. The van der Waals surface area contributed by atoms with Crippen LogP contribution >= 0.6 is 23.2 Å². The molecule has 3 N–H and O–H groups in total. The Kier molecular flexibility index (Phi) is 7.74. The molecule has 1 aromatic carbocycles. The van der Waals surface area contributed by atoms with Crippen LogP contribution in [-0.4, -0.2) is 73.3 Å². The Hall–Kier alpha value is -3.19. The van der Waals surface area contributed by atoms with Gasteiger partial charge in [0.2, 0.25) is 5.91 Å². The van der Waals surface area contributed by atoms with Gasteiger partial charge in [-0.25, -0.2) is 14.8 Å². The second-order valence-electron chi connectivity index (χ2n) is 8.69. The molecule has 4 rings (SSSR count). The van der Waals surface area contributed by atoms with E-state index >= 15 is 0 Å². The number of benzene rings is 1. The number of amides is 1. The van der Waals surface area contributed by atoms with E-state index in [-0.39, 0.29) is 40.9 Å². The number of rotatable bonds is 8. The van der Waals surface area contributed by atoms with Crippen LogP contribution in [-0.2, 0) is 27.3 Å². The van der Waals surface area contributed by atoms with E-state index in [1.54, 1.807) is 37.2 Å². The van der Waals surface area contributed by atoms with Crippen LogP contribution in [0.3, 0.4) is 0 Å². The molecule has 1 saturated heterocycles. The molecule has 0 bridgehead atoms. The molecule has 1 unspecified atom stereocenters. The maximum absolute atomic E-state index is 13.4. The van der Waals surface area contributed by atoms with Crippen LogP contribution in [0.2, 0.25) is 10.0 Å². The predicted octanol–water partition coefficient (Wildman–Crippen LogP) is 2.48. The molecule has 3 aromatic rings. The first-order valence-corrected chi connectivity index (χ1v) is 12.9. The summed E-state index contributed by atoms with van der Waals surface area (Å²) in [4.78, 5) is 36.7. The summed E-state index contributed by atoms with van der Waals surface area (Å²) in [6.07, 6.45) is 2.83. The van der Waals surface area contributed by atoms with Gasteiger partial charge in [0, 0.05) is 54.9 Å². The summed E-state index contributed by atoms with van der Waals surface area (Å²) in [7, 11) is 3.46. The van der Waals surface area contributed by atoms with Crippen LogP contribution in [0.25, 0.3) is 10.8 Å². The summed E-state index contributed by atoms with van der Waals surface area (Å²) in [5.41, 5.74) is 6.50. The topological polar surface area (TPSA) is 156 Å². The zero-order valence-electron chi connectivity index (χ0n) is 19.8. The maximum atomic E-state index is 13.4. The van der Waals surface area contributed by atoms with Gasteiger partial charge in [-0.15, -0.1) is 0 Å². The molecule has 3 atom stereocenters. The average molecular weight is 566 g/mol. The second-order valence-corrected chi connectivity index (χ2v) is 10.3. The normalized spacial score (nSPS) is 17.2. The fourth-order valence-corrected chi connectivity index (χ4v) is 5.66. The highest BCUT2D eigenvalue weighted by Gasteiger charge is 2.42. The minimum absolute atomic E-state index is 0.0349. The number of carboxylic acid groups (broad SMARTS) is 1. The van der Waals surface area contributed by atoms with E-state index in [4.69, 9.17) is 28.9 Å². The Morgan fingerprint density at radius 2 is 2.03 bits per heavy atom. The molecule has 0 radical (unpaired) electrons. The Balaban J connectivity index is 1.62. The predicted molar refractivity (Wildman–Crippen MR) is 141 cm³/mol. The van der Waals surface area contributed by atoms with Crippen molar-refractivity contribution >= 4 is 74.4 Å². The van der Waals surface area contributed by atoms with Crippen LogP contribution in [0, 0.1) is 0 Å². The van der Waals surface area contributed by atoms with Gasteiger partial charge >= 0.3 is 5.97 Å². The number of halogens is 2. The van der Waals surface area contributed by atoms with Crippen LogP contribution < -0.4 is 14.9 Å². The van der Waals surface area contributed by atoms with Crippen molar-refractivity contribution in [1.29, 1.82) is 0 Å². The lowest BCUT2D eigenvalue weighted by atomic mass is 10.0. The van der Waals surface area contributed by atoms with Gasteiger partial charge < -0.3 is 25.2 Å². The Labute approximate surface area is 225 Å². The van der Waals surface area contributed by atoms with E-state index in [2.05, 4.69) is 9.97 Å². The van der Waals surface area contributed by atoms with Crippen molar-refractivity contribution in [2.45, 2.75) is 24.9 Å². The average Bonchev–Trinajstić information content (AvgIpc) is 3.18. The number of nitrogens with zero attached hydrogens (tertiary/aromatic N) is 5. The molecule has 3 heterocycles. The van der Waals surface area contributed by atoms with Crippen LogP contribution in [0.1, 0.15) is 12.0 Å². The molecule has 1 aliphatic heterocycles. The number of carboxylic acids is 1. The molecule has 2 aromatic heterocycles. The summed E-state index contributed by atoms with van der Waals surface area (Å²) >= 11 is 9.84. The zero-order chi connectivity index (χ0) is 27.0. The smallest absolute Gasteiger partial charge is 0.326 e. The number of anilines is 3. The molecule has 37 heavy (non-hydrogen) atoms. The van der Waals surface area contributed by atoms with Gasteiger partial charge in [0.25, 0.3) is 0 Å². The molecular weight excluding hydrogens is 543 g/mol. The Bertz CT molecular complexity index is 1410. The summed E-state index contributed by atoms with van der Waals surface area (Å²) in [6.45, 7) is 0.0349. The highest BCUT2D eigenvalue weighted by molar-refractivity contribution is 7.80. The molecule has 196 valence electrons.